The number of fused-ring (bicyclic) bond motifs is 1. The van der Waals surface area contributed by atoms with E-state index in [1.54, 1.807) is 33.9 Å². The van der Waals surface area contributed by atoms with Crippen LogP contribution < -0.4 is 19.5 Å². The lowest BCUT2D eigenvalue weighted by molar-refractivity contribution is 0.356. The van der Waals surface area contributed by atoms with Crippen molar-refractivity contribution in [1.29, 1.82) is 0 Å². The van der Waals surface area contributed by atoms with E-state index in [-0.39, 0.29) is 0 Å². The van der Waals surface area contributed by atoms with Crippen molar-refractivity contribution in [1.82, 2.24) is 14.5 Å². The van der Waals surface area contributed by atoms with Crippen molar-refractivity contribution in [2.45, 2.75) is 6.92 Å². The van der Waals surface area contributed by atoms with Gasteiger partial charge in [0.25, 0.3) is 0 Å². The van der Waals surface area contributed by atoms with Gasteiger partial charge in [-0.15, -0.1) is 0 Å². The molecule has 29 heavy (non-hydrogen) atoms. The quantitative estimate of drug-likeness (QED) is 0.523. The summed E-state index contributed by atoms with van der Waals surface area (Å²) in [5.74, 6) is 2.04. The Morgan fingerprint density at radius 1 is 0.897 bits per heavy atom. The van der Waals surface area contributed by atoms with Gasteiger partial charge in [0.05, 0.1) is 44.6 Å². The normalized spacial score (nSPS) is 10.8. The summed E-state index contributed by atoms with van der Waals surface area (Å²) in [5.41, 5.74) is 4.49. The maximum Gasteiger partial charge on any atom is 0.162 e. The Morgan fingerprint density at radius 2 is 1.69 bits per heavy atom. The number of nitrogens with one attached hydrogen (secondary N) is 1. The highest BCUT2D eigenvalue weighted by Gasteiger charge is 2.11. The van der Waals surface area contributed by atoms with Crippen molar-refractivity contribution < 1.29 is 14.2 Å². The van der Waals surface area contributed by atoms with Crippen LogP contribution in [0, 0.1) is 6.92 Å². The maximum absolute atomic E-state index is 5.49. The van der Waals surface area contributed by atoms with Gasteiger partial charge in [-0.3, -0.25) is 4.98 Å². The number of pyridine rings is 1. The smallest absolute Gasteiger partial charge is 0.162 e. The first-order valence-electron chi connectivity index (χ1n) is 9.09. The maximum atomic E-state index is 5.49. The van der Waals surface area contributed by atoms with Crippen molar-refractivity contribution >= 4 is 22.3 Å². The Kier molecular flexibility index (Phi) is 4.95. The summed E-state index contributed by atoms with van der Waals surface area (Å²) in [4.78, 5) is 8.76. The Labute approximate surface area is 168 Å². The molecular weight excluding hydrogens is 368 g/mol. The fraction of sp³-hybridized carbons (Fsp3) is 0.182. The van der Waals surface area contributed by atoms with Gasteiger partial charge in [-0.1, -0.05) is 0 Å². The van der Waals surface area contributed by atoms with E-state index in [9.17, 15) is 0 Å². The number of aromatic nitrogens is 3. The van der Waals surface area contributed by atoms with Crippen LogP contribution in [0.3, 0.4) is 0 Å². The first kappa shape index (κ1) is 18.6. The molecule has 0 aliphatic heterocycles. The SMILES string of the molecule is COc1cc(Nc2ccnc3cc(OC)c(OC)cc23)cc(-n2cnc(C)c2)c1. The number of aryl methyl sites for hydroxylation is 1. The fourth-order valence-corrected chi connectivity index (χ4v) is 3.22. The molecule has 2 heterocycles. The number of nitrogens with zero attached hydrogens (tertiary/aromatic N) is 3. The molecule has 0 spiro atoms. The van der Waals surface area contributed by atoms with Crippen LogP contribution in [0.5, 0.6) is 17.2 Å². The highest BCUT2D eigenvalue weighted by atomic mass is 16.5. The number of methoxy groups -OCH3 is 3. The molecule has 148 valence electrons. The predicted molar refractivity (Wildman–Crippen MR) is 113 cm³/mol. The third kappa shape index (κ3) is 3.67. The van der Waals surface area contributed by atoms with Gasteiger partial charge in [0.2, 0.25) is 0 Å². The third-order valence-electron chi connectivity index (χ3n) is 4.66. The first-order valence-corrected chi connectivity index (χ1v) is 9.09. The molecule has 4 rings (SSSR count). The van der Waals surface area contributed by atoms with E-state index in [4.69, 9.17) is 14.2 Å². The second kappa shape index (κ2) is 7.71. The van der Waals surface area contributed by atoms with Crippen molar-refractivity contribution in [3.8, 4) is 22.9 Å². The van der Waals surface area contributed by atoms with Gasteiger partial charge in [-0.25, -0.2) is 4.98 Å². The molecule has 1 N–H and O–H groups in total. The Balaban J connectivity index is 1.78. The van der Waals surface area contributed by atoms with Crippen LogP contribution in [0.25, 0.3) is 16.6 Å². The Bertz CT molecular complexity index is 1170. The Morgan fingerprint density at radius 3 is 2.38 bits per heavy atom. The van der Waals surface area contributed by atoms with Gasteiger partial charge >= 0.3 is 0 Å². The van der Waals surface area contributed by atoms with E-state index in [0.29, 0.717) is 11.5 Å². The number of hydrogen-bond donors (Lipinski definition) is 1. The molecule has 0 radical (unpaired) electrons. The molecule has 0 aliphatic carbocycles. The largest absolute Gasteiger partial charge is 0.497 e. The van der Waals surface area contributed by atoms with Crippen LogP contribution in [0.15, 0.2) is 55.1 Å². The molecule has 0 atom stereocenters. The molecule has 2 aromatic heterocycles. The Hall–Kier alpha value is -3.74. The summed E-state index contributed by atoms with van der Waals surface area (Å²) in [6.45, 7) is 1.96. The van der Waals surface area contributed by atoms with E-state index in [0.717, 1.165) is 39.4 Å². The third-order valence-corrected chi connectivity index (χ3v) is 4.66. The van der Waals surface area contributed by atoms with Crippen molar-refractivity contribution in [2.24, 2.45) is 0 Å². The molecule has 0 unspecified atom stereocenters. The number of benzene rings is 2. The van der Waals surface area contributed by atoms with Gasteiger partial charge in [-0.2, -0.15) is 0 Å². The van der Waals surface area contributed by atoms with Crippen LogP contribution >= 0.6 is 0 Å². The van der Waals surface area contributed by atoms with Crippen LogP contribution in [0.2, 0.25) is 0 Å². The van der Waals surface area contributed by atoms with Crippen molar-refractivity contribution in [2.75, 3.05) is 26.6 Å². The zero-order valence-electron chi connectivity index (χ0n) is 16.8. The minimum atomic E-state index is 0.642. The molecule has 7 nitrogen and oxygen atoms in total. The molecule has 7 heteroatoms. The van der Waals surface area contributed by atoms with Crippen LogP contribution in [0.4, 0.5) is 11.4 Å². The lowest BCUT2D eigenvalue weighted by Crippen LogP contribution is -1.98. The average Bonchev–Trinajstić information content (AvgIpc) is 3.19. The molecular formula is C22H22N4O3. The molecule has 0 saturated carbocycles. The van der Waals surface area contributed by atoms with E-state index in [1.807, 2.05) is 54.1 Å². The number of rotatable bonds is 6. The highest BCUT2D eigenvalue weighted by molar-refractivity contribution is 5.95. The zero-order chi connectivity index (χ0) is 20.4. The van der Waals surface area contributed by atoms with Gasteiger partial charge in [-0.05, 0) is 25.1 Å². The molecule has 0 amide bonds. The van der Waals surface area contributed by atoms with Gasteiger partial charge in [0.15, 0.2) is 11.5 Å². The van der Waals surface area contributed by atoms with Gasteiger partial charge in [0.1, 0.15) is 5.75 Å². The van der Waals surface area contributed by atoms with Gasteiger partial charge < -0.3 is 24.1 Å². The zero-order valence-corrected chi connectivity index (χ0v) is 16.8. The molecule has 0 aliphatic rings. The fourth-order valence-electron chi connectivity index (χ4n) is 3.22. The van der Waals surface area contributed by atoms with E-state index in [2.05, 4.69) is 15.3 Å². The topological polar surface area (TPSA) is 70.4 Å². The average molecular weight is 390 g/mol. The van der Waals surface area contributed by atoms with Crippen LogP contribution in [-0.2, 0) is 0 Å². The minimum absolute atomic E-state index is 0.642. The second-order valence-corrected chi connectivity index (χ2v) is 6.55. The summed E-state index contributed by atoms with van der Waals surface area (Å²) in [6, 6.07) is 11.7. The summed E-state index contributed by atoms with van der Waals surface area (Å²) in [7, 11) is 4.89. The lowest BCUT2D eigenvalue weighted by Gasteiger charge is -2.15. The molecule has 4 aromatic rings. The van der Waals surface area contributed by atoms with Crippen LogP contribution in [0.1, 0.15) is 5.69 Å². The molecule has 0 saturated heterocycles. The van der Waals surface area contributed by atoms with Crippen molar-refractivity contribution in [3.63, 3.8) is 0 Å². The summed E-state index contributed by atoms with van der Waals surface area (Å²) < 4.78 is 18.3. The molecule has 0 fully saturated rings. The number of imidazole rings is 1. The number of ether oxygens (including phenoxy) is 3. The lowest BCUT2D eigenvalue weighted by atomic mass is 10.1. The summed E-state index contributed by atoms with van der Waals surface area (Å²) in [6.07, 6.45) is 5.52. The monoisotopic (exact) mass is 390 g/mol. The second-order valence-electron chi connectivity index (χ2n) is 6.55. The van der Waals surface area contributed by atoms with E-state index in [1.165, 1.54) is 0 Å². The molecule has 2 aromatic carbocycles. The first-order chi connectivity index (χ1) is 14.1. The summed E-state index contributed by atoms with van der Waals surface area (Å²) in [5, 5.41) is 4.40. The minimum Gasteiger partial charge on any atom is -0.497 e. The highest BCUT2D eigenvalue weighted by Crippen LogP contribution is 2.36. The van der Waals surface area contributed by atoms with Crippen LogP contribution in [-0.4, -0.2) is 35.9 Å². The van der Waals surface area contributed by atoms with Crippen molar-refractivity contribution in [3.05, 3.63) is 60.8 Å². The number of hydrogen-bond acceptors (Lipinski definition) is 6. The standard InChI is InChI=1S/C22H22N4O3/c1-14-12-26(13-24-14)16-7-15(8-17(9-16)27-2)25-19-5-6-23-20-11-22(29-4)21(28-3)10-18(19)20/h5-13H,1-4H3,(H,23,25). The number of anilines is 2. The van der Waals surface area contributed by atoms with E-state index < -0.39 is 0 Å². The molecule has 0 bridgehead atoms. The summed E-state index contributed by atoms with van der Waals surface area (Å²) >= 11 is 0. The van der Waals surface area contributed by atoms with Gasteiger partial charge in [0, 0.05) is 47.4 Å². The predicted octanol–water partition coefficient (Wildman–Crippen LogP) is 4.50. The van der Waals surface area contributed by atoms with E-state index >= 15 is 0 Å².